The first-order valence-electron chi connectivity index (χ1n) is 11.2. The molecule has 31 heavy (non-hydrogen) atoms. The van der Waals surface area contributed by atoms with Gasteiger partial charge in [-0.2, -0.15) is 0 Å². The van der Waals surface area contributed by atoms with Crippen molar-refractivity contribution in [2.24, 2.45) is 0 Å². The smallest absolute Gasteiger partial charge is 0.333 e. The summed E-state index contributed by atoms with van der Waals surface area (Å²) >= 11 is 0. The molecule has 0 amide bonds. The third kappa shape index (κ3) is 16.2. The van der Waals surface area contributed by atoms with E-state index in [1.165, 1.54) is 0 Å². The van der Waals surface area contributed by atoms with Crippen LogP contribution in [-0.2, 0) is 26.6 Å². The number of rotatable bonds is 17. The summed E-state index contributed by atoms with van der Waals surface area (Å²) in [4.78, 5) is 11.5. The van der Waals surface area contributed by atoms with Gasteiger partial charge >= 0.3 is 23.1 Å². The van der Waals surface area contributed by atoms with Crippen LogP contribution in [0.1, 0.15) is 26.2 Å². The second-order valence-corrected chi connectivity index (χ2v) is 26.5. The van der Waals surface area contributed by atoms with Crippen LogP contribution in [0.15, 0.2) is 12.2 Å². The molecule has 0 N–H and O–H groups in total. The highest BCUT2D eigenvalue weighted by molar-refractivity contribution is 6.89. The summed E-state index contributed by atoms with van der Waals surface area (Å²) in [6.07, 6.45) is 2.66. The first-order chi connectivity index (χ1) is 14.0. The van der Waals surface area contributed by atoms with Crippen molar-refractivity contribution in [3.05, 3.63) is 19.1 Å². The lowest BCUT2D eigenvalue weighted by Crippen LogP contribution is -2.57. The van der Waals surface area contributed by atoms with Crippen molar-refractivity contribution in [1.29, 1.82) is 0 Å². The van der Waals surface area contributed by atoms with Crippen molar-refractivity contribution in [1.82, 2.24) is 0 Å². The summed E-state index contributed by atoms with van der Waals surface area (Å²) in [6, 6.07) is 1.86. The predicted molar refractivity (Wildman–Crippen MR) is 138 cm³/mol. The number of carbonyl (C=O) groups is 1. The molecule has 2 radical (unpaired) electrons. The Morgan fingerprint density at radius 2 is 1.45 bits per heavy atom. The zero-order valence-electron chi connectivity index (χ0n) is 21.4. The van der Waals surface area contributed by atoms with E-state index in [4.69, 9.17) is 28.7 Å². The lowest BCUT2D eigenvalue weighted by Gasteiger charge is -2.42. The van der Waals surface area contributed by atoms with Crippen LogP contribution in [-0.4, -0.2) is 59.5 Å². The van der Waals surface area contributed by atoms with Gasteiger partial charge in [0.2, 0.25) is 0 Å². The zero-order chi connectivity index (χ0) is 24.3. The standard InChI is InChI=1S/C21H46O6Si4/c1-12-23-16-15-19-31(11,25-28(4,5)6)27-30(9,10)26-29(7,8)18-14-13-17-24-21(22)20(2)3/h1H,2,12-19H2,3-11H3. The summed E-state index contributed by atoms with van der Waals surface area (Å²) in [5.41, 5.74) is 0.435. The maximum atomic E-state index is 11.5. The molecule has 0 spiro atoms. The van der Waals surface area contributed by atoms with Crippen molar-refractivity contribution in [3.8, 4) is 0 Å². The van der Waals surface area contributed by atoms with Gasteiger partial charge in [0.05, 0.1) is 13.2 Å². The number of ether oxygens (including phenoxy) is 2. The van der Waals surface area contributed by atoms with Gasteiger partial charge in [0.25, 0.3) is 0 Å². The number of carbonyl (C=O) groups excluding carboxylic acids is 1. The number of hydrogen-bond donors (Lipinski definition) is 0. The normalized spacial score (nSPS) is 14.9. The molecule has 0 aromatic carbocycles. The summed E-state index contributed by atoms with van der Waals surface area (Å²) < 4.78 is 30.5. The monoisotopic (exact) mass is 506 g/mol. The molecule has 0 aliphatic heterocycles. The van der Waals surface area contributed by atoms with Gasteiger partial charge in [-0.3, -0.25) is 0 Å². The molecule has 0 aliphatic carbocycles. The van der Waals surface area contributed by atoms with Crippen LogP contribution in [0.2, 0.25) is 64.5 Å². The van der Waals surface area contributed by atoms with E-state index >= 15 is 0 Å². The molecule has 0 aromatic rings. The van der Waals surface area contributed by atoms with Crippen LogP contribution < -0.4 is 0 Å². The minimum atomic E-state index is -2.40. The Labute approximate surface area is 195 Å². The van der Waals surface area contributed by atoms with Crippen molar-refractivity contribution < 1.29 is 26.6 Å². The molecule has 0 fully saturated rings. The fourth-order valence-electron chi connectivity index (χ4n) is 3.55. The highest BCUT2D eigenvalue weighted by Crippen LogP contribution is 2.29. The van der Waals surface area contributed by atoms with Crippen molar-refractivity contribution in [2.75, 3.05) is 19.8 Å². The SMILES string of the molecule is [CH]COCCC[Si](C)(O[Si](C)(C)C)O[Si](C)(C)O[Si](C)(C)CCCCOC(=O)C(=C)C. The molecule has 0 bridgehead atoms. The Kier molecular flexibility index (Phi) is 13.5. The number of esters is 1. The fourth-order valence-corrected chi connectivity index (χ4v) is 22.4. The lowest BCUT2D eigenvalue weighted by atomic mass is 10.3. The molecule has 0 rings (SSSR count). The van der Waals surface area contributed by atoms with Gasteiger partial charge in [0, 0.05) is 12.2 Å². The number of unbranched alkanes of at least 4 members (excludes halogenated alkanes) is 1. The molecular weight excluding hydrogens is 461 g/mol. The van der Waals surface area contributed by atoms with Gasteiger partial charge in [-0.1, -0.05) is 13.0 Å². The van der Waals surface area contributed by atoms with Gasteiger partial charge in [0.15, 0.2) is 16.6 Å². The molecule has 0 saturated heterocycles. The Bertz CT molecular complexity index is 563. The van der Waals surface area contributed by atoms with Gasteiger partial charge in [0.1, 0.15) is 0 Å². The van der Waals surface area contributed by atoms with E-state index in [1.807, 2.05) is 0 Å². The van der Waals surface area contributed by atoms with Crippen molar-refractivity contribution in [2.45, 2.75) is 90.7 Å². The lowest BCUT2D eigenvalue weighted by molar-refractivity contribution is -0.139. The highest BCUT2D eigenvalue weighted by atomic mass is 28.5. The molecule has 0 aromatic heterocycles. The molecule has 0 heterocycles. The van der Waals surface area contributed by atoms with Crippen LogP contribution in [0, 0.1) is 6.92 Å². The summed E-state index contributed by atoms with van der Waals surface area (Å²) in [5.74, 6) is -0.321. The largest absolute Gasteiger partial charge is 0.462 e. The van der Waals surface area contributed by atoms with E-state index in [2.05, 4.69) is 59.0 Å². The van der Waals surface area contributed by atoms with Gasteiger partial charge in [-0.05, 0) is 91.2 Å². The third-order valence-electron chi connectivity index (χ3n) is 4.30. The minimum absolute atomic E-state index is 0.240. The zero-order valence-corrected chi connectivity index (χ0v) is 25.4. The van der Waals surface area contributed by atoms with E-state index < -0.39 is 33.8 Å². The summed E-state index contributed by atoms with van der Waals surface area (Å²) in [6.45, 7) is 29.5. The molecule has 10 heteroatoms. The second-order valence-electron chi connectivity index (χ2n) is 10.3. The maximum Gasteiger partial charge on any atom is 0.333 e. The van der Waals surface area contributed by atoms with Crippen molar-refractivity contribution in [3.63, 3.8) is 0 Å². The number of hydrogen-bond acceptors (Lipinski definition) is 6. The topological polar surface area (TPSA) is 63.2 Å². The molecule has 182 valence electrons. The Hall–Kier alpha value is -0.0825. The molecule has 1 atom stereocenters. The van der Waals surface area contributed by atoms with E-state index in [1.54, 1.807) is 6.92 Å². The average molecular weight is 507 g/mol. The molecule has 1 unspecified atom stereocenters. The molecular formula is C21H46O6Si4. The van der Waals surface area contributed by atoms with E-state index in [-0.39, 0.29) is 12.6 Å². The van der Waals surface area contributed by atoms with Crippen LogP contribution in [0.25, 0.3) is 0 Å². The first-order valence-corrected chi connectivity index (χ1v) is 23.1. The van der Waals surface area contributed by atoms with E-state index in [9.17, 15) is 4.79 Å². The van der Waals surface area contributed by atoms with Gasteiger partial charge in [-0.15, -0.1) is 0 Å². The van der Waals surface area contributed by atoms with E-state index in [0.29, 0.717) is 18.8 Å². The Balaban J connectivity index is 4.81. The molecule has 6 nitrogen and oxygen atoms in total. The quantitative estimate of drug-likeness (QED) is 0.106. The van der Waals surface area contributed by atoms with Gasteiger partial charge < -0.3 is 21.8 Å². The average Bonchev–Trinajstić information content (AvgIpc) is 2.54. The maximum absolute atomic E-state index is 11.5. The Morgan fingerprint density at radius 3 is 1.97 bits per heavy atom. The summed E-state index contributed by atoms with van der Waals surface area (Å²) in [5, 5.41) is 0. The predicted octanol–water partition coefficient (Wildman–Crippen LogP) is 5.87. The Morgan fingerprint density at radius 1 is 0.839 bits per heavy atom. The first kappa shape index (κ1) is 30.9. The highest BCUT2D eigenvalue weighted by Gasteiger charge is 2.44. The van der Waals surface area contributed by atoms with Crippen LogP contribution in [0.4, 0.5) is 0 Å². The molecule has 0 saturated carbocycles. The van der Waals surface area contributed by atoms with Crippen LogP contribution >= 0.6 is 0 Å². The van der Waals surface area contributed by atoms with Crippen LogP contribution in [0.5, 0.6) is 0 Å². The fraction of sp³-hybridized carbons (Fsp3) is 0.810. The van der Waals surface area contributed by atoms with Crippen molar-refractivity contribution >= 4 is 39.7 Å². The van der Waals surface area contributed by atoms with E-state index in [0.717, 1.165) is 31.4 Å². The second kappa shape index (κ2) is 13.6. The third-order valence-corrected chi connectivity index (χ3v) is 19.2. The summed E-state index contributed by atoms with van der Waals surface area (Å²) in [7, 11) is -8.48. The van der Waals surface area contributed by atoms with Gasteiger partial charge in [-0.25, -0.2) is 4.79 Å². The minimum Gasteiger partial charge on any atom is -0.462 e. The van der Waals surface area contributed by atoms with Crippen LogP contribution in [0.3, 0.4) is 0 Å². The molecule has 0 aliphatic rings.